The van der Waals surface area contributed by atoms with E-state index in [2.05, 4.69) is 0 Å². The Morgan fingerprint density at radius 3 is 1.23 bits per heavy atom. The van der Waals surface area contributed by atoms with Gasteiger partial charge >= 0.3 is 0 Å². The van der Waals surface area contributed by atoms with Crippen LogP contribution in [0.15, 0.2) is 109 Å². The minimum absolute atomic E-state index is 0.534. The van der Waals surface area contributed by atoms with Crippen molar-refractivity contribution in [2.75, 3.05) is 40.3 Å². The minimum atomic E-state index is -2.51. The molecule has 0 amide bonds. The van der Waals surface area contributed by atoms with E-state index in [1.165, 1.54) is 0 Å². The summed E-state index contributed by atoms with van der Waals surface area (Å²) in [7, 11) is 3.67. The smallest absolute Gasteiger partial charge is 0.115 e. The molecule has 6 heteroatoms. The van der Waals surface area contributed by atoms with E-state index >= 15 is 0 Å². The Kier molecular flexibility index (Phi) is 9.76. The van der Waals surface area contributed by atoms with Crippen LogP contribution in [0.2, 0.25) is 10.0 Å². The van der Waals surface area contributed by atoms with Crippen LogP contribution in [0.1, 0.15) is 85.5 Å². The van der Waals surface area contributed by atoms with E-state index < -0.39 is 49.1 Å². The zero-order chi connectivity index (χ0) is 41.2. The zero-order valence-corrected chi connectivity index (χ0v) is 29.8. The zero-order valence-electron chi connectivity index (χ0n) is 36.3. The highest BCUT2D eigenvalue weighted by atomic mass is 35.5. The van der Waals surface area contributed by atoms with Gasteiger partial charge in [0, 0.05) is 40.7 Å². The summed E-state index contributed by atoms with van der Waals surface area (Å²) < 4.78 is 80.9. The molecule has 0 spiro atoms. The third-order valence-corrected chi connectivity index (χ3v) is 9.95. The van der Waals surface area contributed by atoms with Gasteiger partial charge < -0.3 is 19.3 Å². The first-order valence-electron chi connectivity index (χ1n) is 20.6. The standard InChI is InChI=1S/2C21H26ClNO/c2*1-21(17-7-4-3-5-8-17,18-10-12-19(22)13-11-18)24-16-14-20-9-6-15-23(20)2/h2*3-5,7-8,10-13,20H,6,9,14-16H2,1-2H3/t20-,21?;20-,21-/m11/s1/i2*14D2,16D2. The Labute approximate surface area is 310 Å². The monoisotopic (exact) mass is 694 g/mol. The number of rotatable bonds is 12. The Hall–Kier alpha value is -2.70. The van der Waals surface area contributed by atoms with Crippen molar-refractivity contribution in [2.24, 2.45) is 0 Å². The summed E-state index contributed by atoms with van der Waals surface area (Å²) in [6.07, 6.45) is -1.44. The van der Waals surface area contributed by atoms with Crippen LogP contribution in [0.4, 0.5) is 0 Å². The van der Waals surface area contributed by atoms with Crippen LogP contribution < -0.4 is 0 Å². The lowest BCUT2D eigenvalue weighted by Crippen LogP contribution is -2.31. The molecule has 0 bridgehead atoms. The second-order valence-electron chi connectivity index (χ2n) is 12.8. The lowest BCUT2D eigenvalue weighted by molar-refractivity contribution is -0.0119. The number of benzene rings is 4. The molecule has 2 heterocycles. The van der Waals surface area contributed by atoms with E-state index in [-0.39, 0.29) is 0 Å². The third-order valence-electron chi connectivity index (χ3n) is 9.44. The Bertz CT molecular complexity index is 1740. The highest BCUT2D eigenvalue weighted by Crippen LogP contribution is 2.36. The van der Waals surface area contributed by atoms with Crippen molar-refractivity contribution in [1.29, 1.82) is 0 Å². The molecule has 0 saturated carbocycles. The van der Waals surface area contributed by atoms with Gasteiger partial charge in [-0.25, -0.2) is 0 Å². The molecule has 48 heavy (non-hydrogen) atoms. The van der Waals surface area contributed by atoms with Gasteiger partial charge in [0.25, 0.3) is 0 Å². The van der Waals surface area contributed by atoms with Crippen molar-refractivity contribution in [3.8, 4) is 0 Å². The molecule has 0 aliphatic carbocycles. The van der Waals surface area contributed by atoms with Crippen LogP contribution in [0.5, 0.6) is 0 Å². The summed E-state index contributed by atoms with van der Waals surface area (Å²) in [4.78, 5) is 3.76. The molecule has 256 valence electrons. The first kappa shape index (κ1) is 27.1. The summed E-state index contributed by atoms with van der Waals surface area (Å²) in [5.41, 5.74) is 0.554. The predicted molar refractivity (Wildman–Crippen MR) is 201 cm³/mol. The lowest BCUT2D eigenvalue weighted by atomic mass is 9.88. The second kappa shape index (κ2) is 17.3. The van der Waals surface area contributed by atoms with E-state index in [0.717, 1.165) is 37.1 Å². The second-order valence-corrected chi connectivity index (χ2v) is 13.7. The number of halogens is 2. The van der Waals surface area contributed by atoms with Crippen LogP contribution >= 0.6 is 23.2 Å². The molecule has 6 rings (SSSR count). The van der Waals surface area contributed by atoms with Gasteiger partial charge in [0.05, 0.1) is 5.48 Å². The van der Waals surface area contributed by atoms with Gasteiger partial charge in [0.15, 0.2) is 0 Å². The minimum Gasteiger partial charge on any atom is -0.366 e. The summed E-state index contributed by atoms with van der Waals surface area (Å²) in [6, 6.07) is 31.7. The molecule has 4 aromatic rings. The van der Waals surface area contributed by atoms with Crippen LogP contribution in [0.25, 0.3) is 0 Å². The molecule has 2 aliphatic heterocycles. The predicted octanol–water partition coefficient (Wildman–Crippen LogP) is 10.2. The third kappa shape index (κ3) is 9.29. The molecule has 0 aromatic heterocycles. The highest BCUT2D eigenvalue weighted by molar-refractivity contribution is 6.30. The number of hydrogen-bond acceptors (Lipinski definition) is 4. The Morgan fingerprint density at radius 2 is 0.917 bits per heavy atom. The summed E-state index contributed by atoms with van der Waals surface area (Å²) in [5, 5.41) is 1.15. The van der Waals surface area contributed by atoms with Crippen LogP contribution in [-0.2, 0) is 20.7 Å². The average Bonchev–Trinajstić information content (AvgIpc) is 3.81. The van der Waals surface area contributed by atoms with Crippen molar-refractivity contribution in [3.05, 3.63) is 141 Å². The molecule has 0 N–H and O–H groups in total. The fraction of sp³-hybridized carbons (Fsp3) is 0.429. The largest absolute Gasteiger partial charge is 0.366 e. The average molecular weight is 696 g/mol. The number of ether oxygens (including phenoxy) is 2. The van der Waals surface area contributed by atoms with Gasteiger partial charge in [-0.3, -0.25) is 0 Å². The molecule has 2 aliphatic rings. The molecule has 4 aromatic carbocycles. The van der Waals surface area contributed by atoms with Gasteiger partial charge in [-0.2, -0.15) is 0 Å². The highest BCUT2D eigenvalue weighted by Gasteiger charge is 2.32. The maximum atomic E-state index is 8.60. The molecule has 4 nitrogen and oxygen atoms in total. The van der Waals surface area contributed by atoms with Crippen molar-refractivity contribution < 1.29 is 20.4 Å². The van der Waals surface area contributed by atoms with E-state index in [0.29, 0.717) is 34.0 Å². The quantitative estimate of drug-likeness (QED) is 0.147. The Balaban J connectivity index is 0.000000214. The van der Waals surface area contributed by atoms with Gasteiger partial charge in [-0.1, -0.05) is 108 Å². The van der Waals surface area contributed by atoms with E-state index in [9.17, 15) is 0 Å². The molecule has 1 unspecified atom stereocenters. The number of likely N-dealkylation sites (tertiary alicyclic amines) is 2. The van der Waals surface area contributed by atoms with E-state index in [1.807, 2.05) is 84.6 Å². The van der Waals surface area contributed by atoms with Crippen LogP contribution in [0, 0.1) is 0 Å². The van der Waals surface area contributed by atoms with Gasteiger partial charge in [-0.05, 0) is 126 Å². The van der Waals surface area contributed by atoms with Crippen molar-refractivity contribution in [1.82, 2.24) is 9.80 Å². The van der Waals surface area contributed by atoms with Gasteiger partial charge in [-0.15, -0.1) is 0 Å². The van der Waals surface area contributed by atoms with Gasteiger partial charge in [0.2, 0.25) is 0 Å². The normalized spacial score (nSPS) is 24.5. The van der Waals surface area contributed by atoms with Crippen LogP contribution in [-0.4, -0.2) is 62.2 Å². The van der Waals surface area contributed by atoms with Gasteiger partial charge in [0.1, 0.15) is 11.2 Å². The summed E-state index contributed by atoms with van der Waals surface area (Å²) in [6.45, 7) is 0.0392. The van der Waals surface area contributed by atoms with Crippen molar-refractivity contribution in [3.63, 3.8) is 0 Å². The summed E-state index contributed by atoms with van der Waals surface area (Å²) >= 11 is 12.1. The van der Waals surface area contributed by atoms with Crippen molar-refractivity contribution in [2.45, 2.75) is 75.6 Å². The number of nitrogens with zero attached hydrogens (tertiary/aromatic N) is 2. The molecule has 2 saturated heterocycles. The summed E-state index contributed by atoms with van der Waals surface area (Å²) in [5.74, 6) is 0. The molecular weight excluding hydrogens is 635 g/mol. The number of hydrogen-bond donors (Lipinski definition) is 0. The Morgan fingerprint density at radius 1 is 0.583 bits per heavy atom. The first-order valence-corrected chi connectivity index (χ1v) is 17.4. The van der Waals surface area contributed by atoms with Crippen molar-refractivity contribution >= 4 is 23.2 Å². The maximum absolute atomic E-state index is 8.60. The first-order chi connectivity index (χ1) is 26.2. The van der Waals surface area contributed by atoms with E-state index in [4.69, 9.17) is 43.6 Å². The molecular formula is C42H52Cl2N2O2. The molecule has 0 radical (unpaired) electrons. The van der Waals surface area contributed by atoms with E-state index in [1.54, 1.807) is 62.4 Å². The topological polar surface area (TPSA) is 24.9 Å². The SMILES string of the molecule is [2H]C([2H])(OC(C)(c1ccccc1)c1ccc(Cl)cc1)C([2H])([2H])[C@H]1CCCN1C.[2H]C([2H])(O[C@](C)(c1ccccc1)c1ccc(Cl)cc1)C([2H])([2H])[C@H]1CCCN1C. The fourth-order valence-corrected chi connectivity index (χ4v) is 6.45. The van der Waals surface area contributed by atoms with Crippen LogP contribution in [0.3, 0.4) is 0 Å². The lowest BCUT2D eigenvalue weighted by Gasteiger charge is -2.32. The molecule has 2 fully saturated rings. The molecule has 4 atom stereocenters. The maximum Gasteiger partial charge on any atom is 0.115 e. The fourth-order valence-electron chi connectivity index (χ4n) is 6.20.